The van der Waals surface area contributed by atoms with E-state index in [1.165, 1.54) is 11.1 Å². The number of hydrogen-bond donors (Lipinski definition) is 1. The van der Waals surface area contributed by atoms with Gasteiger partial charge in [-0.15, -0.1) is 0 Å². The molecule has 2 aromatic carbocycles. The number of rotatable bonds is 7. The predicted molar refractivity (Wildman–Crippen MR) is 118 cm³/mol. The number of carbonyl (C=O) groups is 1. The number of aromatic nitrogens is 2. The summed E-state index contributed by atoms with van der Waals surface area (Å²) in [5.74, 6) is 0.102. The molecule has 1 amide bonds. The van der Waals surface area contributed by atoms with Crippen LogP contribution in [0.3, 0.4) is 0 Å². The third-order valence-corrected chi connectivity index (χ3v) is 5.71. The van der Waals surface area contributed by atoms with Gasteiger partial charge in [0.25, 0.3) is 5.91 Å². The number of amides is 1. The summed E-state index contributed by atoms with van der Waals surface area (Å²) in [6.45, 7) is 4.17. The van der Waals surface area contributed by atoms with Gasteiger partial charge in [-0.2, -0.15) is 0 Å². The summed E-state index contributed by atoms with van der Waals surface area (Å²) in [4.78, 5) is 21.9. The van der Waals surface area contributed by atoms with Crippen molar-refractivity contribution in [3.8, 4) is 11.1 Å². The average Bonchev–Trinajstić information content (AvgIpc) is 3.32. The van der Waals surface area contributed by atoms with Crippen LogP contribution in [0.1, 0.15) is 47.8 Å². The van der Waals surface area contributed by atoms with Crippen LogP contribution in [0.15, 0.2) is 61.1 Å². The fraction of sp³-hybridized carbons (Fsp3) is 0.360. The third-order valence-electron chi connectivity index (χ3n) is 5.71. The molecule has 1 aliphatic heterocycles. The molecule has 1 saturated heterocycles. The number of imidazole rings is 1. The zero-order chi connectivity index (χ0) is 20.8. The van der Waals surface area contributed by atoms with E-state index < -0.39 is 0 Å². The van der Waals surface area contributed by atoms with E-state index in [0.29, 0.717) is 6.61 Å². The minimum atomic E-state index is 0.102. The van der Waals surface area contributed by atoms with Crippen LogP contribution in [-0.4, -0.2) is 40.0 Å². The van der Waals surface area contributed by atoms with E-state index in [-0.39, 0.29) is 12.0 Å². The molecule has 3 aromatic rings. The molecule has 1 N–H and O–H groups in total. The number of ether oxygens (including phenoxy) is 1. The van der Waals surface area contributed by atoms with Crippen molar-refractivity contribution in [3.63, 3.8) is 0 Å². The number of H-pyrrole nitrogens is 1. The Labute approximate surface area is 178 Å². The maximum atomic E-state index is 12.9. The van der Waals surface area contributed by atoms with Crippen molar-refractivity contribution in [1.29, 1.82) is 0 Å². The number of benzene rings is 2. The van der Waals surface area contributed by atoms with Gasteiger partial charge in [0.1, 0.15) is 0 Å². The summed E-state index contributed by atoms with van der Waals surface area (Å²) in [6, 6.07) is 16.7. The van der Waals surface area contributed by atoms with E-state index >= 15 is 0 Å². The fourth-order valence-corrected chi connectivity index (χ4v) is 3.94. The Morgan fingerprint density at radius 2 is 1.73 bits per heavy atom. The Hall–Kier alpha value is -2.92. The van der Waals surface area contributed by atoms with Gasteiger partial charge in [-0.3, -0.25) is 4.79 Å². The van der Waals surface area contributed by atoms with E-state index in [0.717, 1.165) is 55.6 Å². The molecular weight excluding hydrogens is 374 g/mol. The molecule has 0 bridgehead atoms. The fourth-order valence-electron chi connectivity index (χ4n) is 3.94. The second-order valence-electron chi connectivity index (χ2n) is 7.89. The average molecular weight is 404 g/mol. The van der Waals surface area contributed by atoms with Gasteiger partial charge in [-0.25, -0.2) is 4.98 Å². The zero-order valence-electron chi connectivity index (χ0n) is 17.5. The highest BCUT2D eigenvalue weighted by atomic mass is 16.5. The number of carbonyl (C=O) groups excluding carboxylic acids is 1. The van der Waals surface area contributed by atoms with Gasteiger partial charge in [-0.05, 0) is 48.1 Å². The van der Waals surface area contributed by atoms with Crippen LogP contribution >= 0.6 is 0 Å². The van der Waals surface area contributed by atoms with Crippen molar-refractivity contribution >= 4 is 5.91 Å². The Morgan fingerprint density at radius 1 is 1.07 bits per heavy atom. The maximum Gasteiger partial charge on any atom is 0.253 e. The maximum absolute atomic E-state index is 12.9. The molecular formula is C25H29N3O2. The minimum Gasteiger partial charge on any atom is -0.372 e. The Morgan fingerprint density at radius 3 is 2.33 bits per heavy atom. The molecule has 0 radical (unpaired) electrons. The third kappa shape index (κ3) is 4.97. The van der Waals surface area contributed by atoms with Crippen LogP contribution in [0, 0.1) is 0 Å². The number of nitrogens with zero attached hydrogens (tertiary/aromatic N) is 2. The monoisotopic (exact) mass is 403 g/mol. The molecule has 0 atom stereocenters. The van der Waals surface area contributed by atoms with E-state index in [9.17, 15) is 4.79 Å². The summed E-state index contributed by atoms with van der Waals surface area (Å²) in [6.07, 6.45) is 7.68. The number of aromatic amines is 1. The molecule has 5 heteroatoms. The van der Waals surface area contributed by atoms with Gasteiger partial charge < -0.3 is 14.6 Å². The molecule has 0 saturated carbocycles. The first-order chi connectivity index (χ1) is 14.7. The molecule has 0 aliphatic carbocycles. The van der Waals surface area contributed by atoms with Gasteiger partial charge in [0, 0.05) is 24.8 Å². The zero-order valence-corrected chi connectivity index (χ0v) is 17.5. The lowest BCUT2D eigenvalue weighted by Crippen LogP contribution is -2.40. The van der Waals surface area contributed by atoms with Crippen LogP contribution in [-0.2, 0) is 17.8 Å². The lowest BCUT2D eigenvalue weighted by atomic mass is 10.0. The lowest BCUT2D eigenvalue weighted by Gasteiger charge is -2.32. The van der Waals surface area contributed by atoms with E-state index in [2.05, 4.69) is 41.2 Å². The quantitative estimate of drug-likeness (QED) is 0.613. The van der Waals surface area contributed by atoms with Crippen LogP contribution in [0.4, 0.5) is 0 Å². The standard InChI is InChI=1S/C25H29N3O2/c1-2-3-19-4-6-20(7-5-19)21-8-10-22(11-9-21)25(29)28-14-12-24(13-15-28)30-17-23-16-26-18-27-23/h4-11,16,18,24H,2-3,12-15,17H2,1H3,(H,26,27). The van der Waals surface area contributed by atoms with Crippen molar-refractivity contribution in [2.45, 2.75) is 45.3 Å². The number of likely N-dealkylation sites (tertiary alicyclic amines) is 1. The number of hydrogen-bond acceptors (Lipinski definition) is 3. The smallest absolute Gasteiger partial charge is 0.253 e. The van der Waals surface area contributed by atoms with E-state index in [1.54, 1.807) is 6.33 Å². The summed E-state index contributed by atoms with van der Waals surface area (Å²) >= 11 is 0. The van der Waals surface area contributed by atoms with Crippen LogP contribution in [0.25, 0.3) is 11.1 Å². The van der Waals surface area contributed by atoms with Crippen molar-refractivity contribution in [2.24, 2.45) is 0 Å². The second kappa shape index (κ2) is 9.72. The molecule has 0 unspecified atom stereocenters. The van der Waals surface area contributed by atoms with Gasteiger partial charge in [-0.1, -0.05) is 49.7 Å². The molecule has 156 valence electrons. The minimum absolute atomic E-state index is 0.102. The van der Waals surface area contributed by atoms with Crippen LogP contribution in [0.2, 0.25) is 0 Å². The van der Waals surface area contributed by atoms with Gasteiger partial charge >= 0.3 is 0 Å². The molecule has 1 fully saturated rings. The molecule has 0 spiro atoms. The Kier molecular flexibility index (Phi) is 6.60. The first-order valence-corrected chi connectivity index (χ1v) is 10.8. The molecule has 2 heterocycles. The van der Waals surface area contributed by atoms with Crippen molar-refractivity contribution in [2.75, 3.05) is 13.1 Å². The SMILES string of the molecule is CCCc1ccc(-c2ccc(C(=O)N3CCC(OCc4c[nH]cn4)CC3)cc2)cc1. The second-order valence-corrected chi connectivity index (χ2v) is 7.89. The number of piperidine rings is 1. The predicted octanol–water partition coefficient (Wildman–Crippen LogP) is 4.85. The number of aryl methyl sites for hydroxylation is 1. The molecule has 1 aliphatic rings. The van der Waals surface area contributed by atoms with Crippen LogP contribution < -0.4 is 0 Å². The largest absolute Gasteiger partial charge is 0.372 e. The van der Waals surface area contributed by atoms with Crippen molar-refractivity contribution in [1.82, 2.24) is 14.9 Å². The highest BCUT2D eigenvalue weighted by Crippen LogP contribution is 2.22. The molecule has 5 nitrogen and oxygen atoms in total. The molecule has 30 heavy (non-hydrogen) atoms. The molecule has 1 aromatic heterocycles. The highest BCUT2D eigenvalue weighted by Gasteiger charge is 2.24. The van der Waals surface area contributed by atoms with Gasteiger partial charge in [0.05, 0.1) is 24.7 Å². The number of nitrogens with one attached hydrogen (secondary N) is 1. The Bertz CT molecular complexity index is 926. The van der Waals surface area contributed by atoms with Crippen molar-refractivity contribution < 1.29 is 9.53 Å². The van der Waals surface area contributed by atoms with Crippen molar-refractivity contribution in [3.05, 3.63) is 77.9 Å². The first-order valence-electron chi connectivity index (χ1n) is 10.8. The van der Waals surface area contributed by atoms with E-state index in [1.807, 2.05) is 35.4 Å². The summed E-state index contributed by atoms with van der Waals surface area (Å²) in [5.41, 5.74) is 5.35. The summed E-state index contributed by atoms with van der Waals surface area (Å²) in [7, 11) is 0. The summed E-state index contributed by atoms with van der Waals surface area (Å²) < 4.78 is 5.93. The van der Waals surface area contributed by atoms with E-state index in [4.69, 9.17) is 4.74 Å². The summed E-state index contributed by atoms with van der Waals surface area (Å²) in [5, 5.41) is 0. The Balaban J connectivity index is 1.30. The van der Waals surface area contributed by atoms with Crippen LogP contribution in [0.5, 0.6) is 0 Å². The lowest BCUT2D eigenvalue weighted by molar-refractivity contribution is -0.00149. The van der Waals surface area contributed by atoms with Gasteiger partial charge in [0.2, 0.25) is 0 Å². The normalized spacial score (nSPS) is 14.8. The topological polar surface area (TPSA) is 58.2 Å². The first kappa shape index (κ1) is 20.4. The highest BCUT2D eigenvalue weighted by molar-refractivity contribution is 5.94. The molecule has 4 rings (SSSR count). The van der Waals surface area contributed by atoms with Gasteiger partial charge in [0.15, 0.2) is 0 Å².